The number of aliphatic hydroxyl groups is 1. The summed E-state index contributed by atoms with van der Waals surface area (Å²) < 4.78 is 0. The topological polar surface area (TPSA) is 43.7 Å². The van der Waals surface area contributed by atoms with Gasteiger partial charge < -0.3 is 15.1 Å². The van der Waals surface area contributed by atoms with Gasteiger partial charge in [-0.05, 0) is 99.0 Å². The van der Waals surface area contributed by atoms with E-state index < -0.39 is 0 Å². The summed E-state index contributed by atoms with van der Waals surface area (Å²) in [5, 5.41) is 21.6. The Morgan fingerprint density at radius 1 is 1.20 bits per heavy atom. The van der Waals surface area contributed by atoms with Gasteiger partial charge in [0.15, 0.2) is 0 Å². The van der Waals surface area contributed by atoms with Crippen LogP contribution < -0.4 is 0 Å². The lowest BCUT2D eigenvalue weighted by atomic mass is 9.52. The summed E-state index contributed by atoms with van der Waals surface area (Å²) in [5.74, 6) is 2.60. The summed E-state index contributed by atoms with van der Waals surface area (Å²) in [6.07, 6.45) is 5.29. The number of phenols is 1. The Hall–Kier alpha value is -1.06. The van der Waals surface area contributed by atoms with Gasteiger partial charge in [-0.25, -0.2) is 0 Å². The second-order valence-corrected chi connectivity index (χ2v) is 9.44. The van der Waals surface area contributed by atoms with Crippen LogP contribution in [0.25, 0.3) is 0 Å². The van der Waals surface area contributed by atoms with Crippen molar-refractivity contribution in [3.63, 3.8) is 0 Å². The Balaban J connectivity index is 1.72. The standard InChI is InChI=1S/C22H33NO2/c1-13-5-10-18(24)16-8-7-15-17-9-6-14(12-23(3)4)22(17,2)11-19(25)21(15)20(13)16/h5,10,14-15,17,19,21,24-25H,6-9,11-12H2,1-4H3/t14-,15?,17?,19?,21?,22?/m1/s1. The van der Waals surface area contributed by atoms with Crippen molar-refractivity contribution in [1.82, 2.24) is 4.90 Å². The molecular formula is C22H33NO2. The fourth-order valence-electron chi connectivity index (χ4n) is 6.81. The minimum atomic E-state index is -0.284. The zero-order valence-corrected chi connectivity index (χ0v) is 16.1. The Morgan fingerprint density at radius 2 is 1.96 bits per heavy atom. The molecule has 2 saturated carbocycles. The van der Waals surface area contributed by atoms with Crippen LogP contribution in [0.15, 0.2) is 12.1 Å². The molecular weight excluding hydrogens is 310 g/mol. The molecule has 3 aliphatic rings. The molecule has 5 unspecified atom stereocenters. The summed E-state index contributed by atoms with van der Waals surface area (Å²) >= 11 is 0. The fourth-order valence-corrected chi connectivity index (χ4v) is 6.81. The van der Waals surface area contributed by atoms with Crippen LogP contribution in [-0.4, -0.2) is 41.9 Å². The molecule has 0 aliphatic heterocycles. The van der Waals surface area contributed by atoms with Crippen molar-refractivity contribution in [2.24, 2.45) is 23.2 Å². The number of hydrogen-bond acceptors (Lipinski definition) is 3. The molecule has 0 amide bonds. The van der Waals surface area contributed by atoms with Crippen molar-refractivity contribution < 1.29 is 10.2 Å². The highest BCUT2D eigenvalue weighted by atomic mass is 16.3. The van der Waals surface area contributed by atoms with E-state index in [-0.39, 0.29) is 17.4 Å². The molecule has 4 rings (SSSR count). The lowest BCUT2D eigenvalue weighted by molar-refractivity contribution is -0.0582. The van der Waals surface area contributed by atoms with Crippen molar-refractivity contribution in [2.45, 2.75) is 58.0 Å². The number of aromatic hydroxyl groups is 1. The number of rotatable bonds is 2. The SMILES string of the molecule is Cc1ccc(O)c2c1C1C(O)CC3(C)C(CC[C@@H]3CN(C)C)C1CC2. The maximum Gasteiger partial charge on any atom is 0.119 e. The van der Waals surface area contributed by atoms with Gasteiger partial charge in [-0.1, -0.05) is 13.0 Å². The molecule has 0 radical (unpaired) electrons. The molecule has 0 heterocycles. The Bertz CT molecular complexity index is 670. The molecule has 3 heteroatoms. The van der Waals surface area contributed by atoms with Crippen LogP contribution in [-0.2, 0) is 6.42 Å². The number of aryl methyl sites for hydroxylation is 1. The van der Waals surface area contributed by atoms with Crippen molar-refractivity contribution in [1.29, 1.82) is 0 Å². The monoisotopic (exact) mass is 343 g/mol. The Morgan fingerprint density at radius 3 is 2.68 bits per heavy atom. The van der Waals surface area contributed by atoms with E-state index in [0.29, 0.717) is 23.5 Å². The number of benzene rings is 1. The summed E-state index contributed by atoms with van der Waals surface area (Å²) in [6, 6.07) is 3.86. The second kappa shape index (κ2) is 5.99. The highest BCUT2D eigenvalue weighted by Crippen LogP contribution is 2.63. The third-order valence-electron chi connectivity index (χ3n) is 7.84. The van der Waals surface area contributed by atoms with Crippen LogP contribution >= 0.6 is 0 Å². The van der Waals surface area contributed by atoms with E-state index >= 15 is 0 Å². The van der Waals surface area contributed by atoms with Crippen molar-refractivity contribution in [2.75, 3.05) is 20.6 Å². The molecule has 0 spiro atoms. The lowest BCUT2D eigenvalue weighted by Crippen LogP contribution is -2.50. The summed E-state index contributed by atoms with van der Waals surface area (Å²) in [5.41, 5.74) is 3.87. The minimum absolute atomic E-state index is 0.215. The summed E-state index contributed by atoms with van der Waals surface area (Å²) in [7, 11) is 4.34. The molecule has 1 aromatic carbocycles. The lowest BCUT2D eigenvalue weighted by Gasteiger charge is -2.53. The molecule has 0 bridgehead atoms. The maximum absolute atomic E-state index is 11.2. The molecule has 2 N–H and O–H groups in total. The van der Waals surface area contributed by atoms with Gasteiger partial charge in [0.05, 0.1) is 6.10 Å². The first kappa shape index (κ1) is 17.4. The second-order valence-electron chi connectivity index (χ2n) is 9.44. The predicted molar refractivity (Wildman–Crippen MR) is 101 cm³/mol. The number of phenolic OH excluding ortho intramolecular Hbond substituents is 1. The third-order valence-corrected chi connectivity index (χ3v) is 7.84. The summed E-state index contributed by atoms with van der Waals surface area (Å²) in [4.78, 5) is 2.31. The van der Waals surface area contributed by atoms with E-state index in [1.165, 1.54) is 24.0 Å². The Kier molecular flexibility index (Phi) is 4.16. The van der Waals surface area contributed by atoms with E-state index in [9.17, 15) is 10.2 Å². The van der Waals surface area contributed by atoms with Gasteiger partial charge in [0, 0.05) is 12.5 Å². The van der Waals surface area contributed by atoms with Gasteiger partial charge in [0.2, 0.25) is 0 Å². The van der Waals surface area contributed by atoms with Gasteiger partial charge in [0.25, 0.3) is 0 Å². The quantitative estimate of drug-likeness (QED) is 0.860. The molecule has 3 nitrogen and oxygen atoms in total. The predicted octanol–water partition coefficient (Wildman–Crippen LogP) is 3.71. The van der Waals surface area contributed by atoms with E-state index in [1.807, 2.05) is 12.1 Å². The van der Waals surface area contributed by atoms with E-state index in [0.717, 1.165) is 31.4 Å². The number of hydrogen-bond donors (Lipinski definition) is 2. The average Bonchev–Trinajstić information content (AvgIpc) is 2.86. The van der Waals surface area contributed by atoms with Gasteiger partial charge in [-0.3, -0.25) is 0 Å². The molecule has 0 aromatic heterocycles. The normalized spacial score (nSPS) is 39.8. The van der Waals surface area contributed by atoms with Crippen LogP contribution in [0.5, 0.6) is 5.75 Å². The first-order valence-corrected chi connectivity index (χ1v) is 9.97. The van der Waals surface area contributed by atoms with E-state index in [1.54, 1.807) is 0 Å². The van der Waals surface area contributed by atoms with Gasteiger partial charge >= 0.3 is 0 Å². The van der Waals surface area contributed by atoms with Crippen LogP contribution in [0, 0.1) is 30.1 Å². The fraction of sp³-hybridized carbons (Fsp3) is 0.727. The zero-order chi connectivity index (χ0) is 17.9. The highest BCUT2D eigenvalue weighted by Gasteiger charge is 2.57. The average molecular weight is 344 g/mol. The largest absolute Gasteiger partial charge is 0.508 e. The van der Waals surface area contributed by atoms with Gasteiger partial charge in [0.1, 0.15) is 5.75 Å². The smallest absolute Gasteiger partial charge is 0.119 e. The number of nitrogens with zero attached hydrogens (tertiary/aromatic N) is 1. The highest BCUT2D eigenvalue weighted by molar-refractivity contribution is 5.49. The summed E-state index contributed by atoms with van der Waals surface area (Å²) in [6.45, 7) is 5.72. The maximum atomic E-state index is 11.2. The molecule has 0 saturated heterocycles. The van der Waals surface area contributed by atoms with Gasteiger partial charge in [-0.15, -0.1) is 0 Å². The Labute approximate surface area is 152 Å². The first-order valence-electron chi connectivity index (χ1n) is 9.97. The molecule has 138 valence electrons. The van der Waals surface area contributed by atoms with Crippen LogP contribution in [0.3, 0.4) is 0 Å². The van der Waals surface area contributed by atoms with E-state index in [4.69, 9.17) is 0 Å². The third kappa shape index (κ3) is 2.54. The molecule has 25 heavy (non-hydrogen) atoms. The van der Waals surface area contributed by atoms with Crippen molar-refractivity contribution in [3.8, 4) is 5.75 Å². The van der Waals surface area contributed by atoms with Gasteiger partial charge in [-0.2, -0.15) is 0 Å². The van der Waals surface area contributed by atoms with Crippen molar-refractivity contribution in [3.05, 3.63) is 28.8 Å². The molecule has 3 aliphatic carbocycles. The number of aliphatic hydroxyl groups excluding tert-OH is 1. The van der Waals surface area contributed by atoms with Crippen LogP contribution in [0.1, 0.15) is 55.2 Å². The zero-order valence-electron chi connectivity index (χ0n) is 16.1. The van der Waals surface area contributed by atoms with Crippen LogP contribution in [0.2, 0.25) is 0 Å². The first-order chi connectivity index (χ1) is 11.8. The van der Waals surface area contributed by atoms with E-state index in [2.05, 4.69) is 32.8 Å². The minimum Gasteiger partial charge on any atom is -0.508 e. The number of fused-ring (bicyclic) bond motifs is 5. The molecule has 1 aromatic rings. The van der Waals surface area contributed by atoms with Crippen molar-refractivity contribution >= 4 is 0 Å². The molecule has 6 atom stereocenters. The molecule has 2 fully saturated rings. The van der Waals surface area contributed by atoms with Crippen LogP contribution in [0.4, 0.5) is 0 Å².